The number of halogens is 1. The van der Waals surface area contributed by atoms with Crippen LogP contribution in [-0.4, -0.2) is 0 Å². The fraction of sp³-hybridized carbons (Fsp3) is 0.143. The number of hydrogen-bond acceptors (Lipinski definition) is 1. The quantitative estimate of drug-likeness (QED) is 0.501. The molecule has 0 unspecified atom stereocenters. The molecule has 0 amide bonds. The molecular weight excluding hydrogens is 201 g/mol. The van der Waals surface area contributed by atoms with Crippen LogP contribution in [0.1, 0.15) is 6.99 Å². The van der Waals surface area contributed by atoms with Crippen LogP contribution in [0.25, 0.3) is 0 Å². The molecule has 0 saturated carbocycles. The van der Waals surface area contributed by atoms with E-state index < -0.39 is 0 Å². The summed E-state index contributed by atoms with van der Waals surface area (Å²) in [7, 11) is 0. The Kier molecular flexibility index (Phi) is 5.45. The second-order valence-electron chi connectivity index (χ2n) is 1.96. The van der Waals surface area contributed by atoms with E-state index in [1.54, 1.807) is 0 Å². The molecule has 0 radical (unpaired) electrons. The van der Waals surface area contributed by atoms with Crippen LogP contribution in [0.2, 0.25) is 0 Å². The van der Waals surface area contributed by atoms with Crippen molar-refractivity contribution in [2.24, 2.45) is 0 Å². The van der Waals surface area contributed by atoms with Crippen molar-refractivity contribution in [1.29, 1.82) is 0 Å². The Balaban J connectivity index is 0. The normalized spacial score (nSPS) is 8.20. The Morgan fingerprint density at radius 2 is 1.80 bits per heavy atom. The van der Waals surface area contributed by atoms with Crippen molar-refractivity contribution < 1.29 is 31.0 Å². The van der Waals surface area contributed by atoms with Gasteiger partial charge in [-0.05, 0) is 19.1 Å². The maximum Gasteiger partial charge on any atom is 1.00 e. The van der Waals surface area contributed by atoms with Crippen LogP contribution in [0.15, 0.2) is 24.3 Å². The number of anilines is 1. The largest absolute Gasteiger partial charge is 1.00 e. The Bertz CT molecular complexity index is 190. The SMILES string of the molecule is Cc1ccc(NBr)cc1.[H-].[Na+]. The monoisotopic (exact) mass is 209 g/mol. The smallest absolute Gasteiger partial charge is 1.00 e. The van der Waals surface area contributed by atoms with Crippen molar-refractivity contribution in [3.05, 3.63) is 29.8 Å². The summed E-state index contributed by atoms with van der Waals surface area (Å²) < 4.78 is 2.87. The van der Waals surface area contributed by atoms with Gasteiger partial charge in [-0.2, -0.15) is 0 Å². The minimum Gasteiger partial charge on any atom is -1.00 e. The topological polar surface area (TPSA) is 12.0 Å². The van der Waals surface area contributed by atoms with E-state index in [0.29, 0.717) is 0 Å². The maximum absolute atomic E-state index is 3.13. The van der Waals surface area contributed by atoms with Crippen molar-refractivity contribution >= 4 is 21.8 Å². The predicted molar refractivity (Wildman–Crippen MR) is 44.8 cm³/mol. The minimum atomic E-state index is 0. The Labute approximate surface area is 93.3 Å². The standard InChI is InChI=1S/C7H8BrN.Na.H/c1-6-2-4-7(9-8)5-3-6;;/h2-5,9H,1H3;;/q;+1;-1. The predicted octanol–water partition coefficient (Wildman–Crippen LogP) is -0.167. The van der Waals surface area contributed by atoms with Gasteiger partial charge in [0.15, 0.2) is 0 Å². The molecule has 0 aliphatic rings. The second kappa shape index (κ2) is 5.19. The minimum absolute atomic E-state index is 0. The van der Waals surface area contributed by atoms with Crippen LogP contribution in [0.5, 0.6) is 0 Å². The molecule has 0 aliphatic carbocycles. The van der Waals surface area contributed by atoms with Crippen molar-refractivity contribution in [2.75, 3.05) is 4.34 Å². The van der Waals surface area contributed by atoms with Gasteiger partial charge < -0.3 is 5.77 Å². The van der Waals surface area contributed by atoms with Crippen molar-refractivity contribution in [3.63, 3.8) is 0 Å². The number of nitrogens with one attached hydrogen (secondary N) is 1. The summed E-state index contributed by atoms with van der Waals surface area (Å²) in [6, 6.07) is 8.15. The van der Waals surface area contributed by atoms with Gasteiger partial charge in [-0.3, -0.25) is 0 Å². The zero-order valence-electron chi connectivity index (χ0n) is 7.19. The van der Waals surface area contributed by atoms with Gasteiger partial charge in [-0.25, -0.2) is 0 Å². The van der Waals surface area contributed by atoms with Gasteiger partial charge in [0.1, 0.15) is 0 Å². The van der Waals surface area contributed by atoms with Crippen molar-refractivity contribution in [2.45, 2.75) is 6.92 Å². The van der Waals surface area contributed by atoms with E-state index >= 15 is 0 Å². The molecule has 0 bridgehead atoms. The van der Waals surface area contributed by atoms with E-state index in [1.807, 2.05) is 12.1 Å². The average molecular weight is 210 g/mol. The number of benzene rings is 1. The van der Waals surface area contributed by atoms with Crippen LogP contribution in [0, 0.1) is 6.92 Å². The first-order valence-corrected chi connectivity index (χ1v) is 3.55. The first-order valence-electron chi connectivity index (χ1n) is 2.76. The third kappa shape index (κ3) is 3.06. The van der Waals surface area contributed by atoms with E-state index in [1.165, 1.54) is 5.56 Å². The third-order valence-corrected chi connectivity index (χ3v) is 1.62. The molecule has 0 aliphatic heterocycles. The van der Waals surface area contributed by atoms with Gasteiger partial charge in [0.2, 0.25) is 0 Å². The molecule has 1 nitrogen and oxygen atoms in total. The number of hydrogen-bond donors (Lipinski definition) is 1. The fourth-order valence-corrected chi connectivity index (χ4v) is 0.881. The molecule has 0 atom stereocenters. The molecule has 1 N–H and O–H groups in total. The Morgan fingerprint density at radius 1 is 1.30 bits per heavy atom. The van der Waals surface area contributed by atoms with Gasteiger partial charge in [-0.1, -0.05) is 17.7 Å². The third-order valence-electron chi connectivity index (χ3n) is 1.16. The zero-order chi connectivity index (χ0) is 6.69. The van der Waals surface area contributed by atoms with Crippen LogP contribution in [-0.2, 0) is 0 Å². The fourth-order valence-electron chi connectivity index (χ4n) is 0.617. The van der Waals surface area contributed by atoms with Gasteiger partial charge >= 0.3 is 29.6 Å². The van der Waals surface area contributed by atoms with E-state index in [9.17, 15) is 0 Å². The summed E-state index contributed by atoms with van der Waals surface area (Å²) in [5, 5.41) is 0. The van der Waals surface area contributed by atoms with Crippen LogP contribution >= 0.6 is 16.1 Å². The van der Waals surface area contributed by atoms with Gasteiger partial charge in [0.25, 0.3) is 0 Å². The maximum atomic E-state index is 3.13. The Hall–Kier alpha value is 0.500. The first-order chi connectivity index (χ1) is 4.33. The van der Waals surface area contributed by atoms with E-state index in [0.717, 1.165) is 5.69 Å². The van der Waals surface area contributed by atoms with E-state index in [-0.39, 0.29) is 31.0 Å². The van der Waals surface area contributed by atoms with Crippen LogP contribution in [0.4, 0.5) is 5.69 Å². The van der Waals surface area contributed by atoms with Crippen molar-refractivity contribution in [1.82, 2.24) is 0 Å². The summed E-state index contributed by atoms with van der Waals surface area (Å²) in [6.07, 6.45) is 0. The summed E-state index contributed by atoms with van der Waals surface area (Å²) in [4.78, 5) is 0. The van der Waals surface area contributed by atoms with Gasteiger partial charge in [0.05, 0.1) is 0 Å². The van der Waals surface area contributed by atoms with E-state index in [2.05, 4.69) is 39.5 Å². The zero-order valence-corrected chi connectivity index (χ0v) is 9.77. The summed E-state index contributed by atoms with van der Waals surface area (Å²) in [5.74, 6) is 0. The van der Waals surface area contributed by atoms with E-state index in [4.69, 9.17) is 0 Å². The molecular formula is C7H9BrNNa. The average Bonchev–Trinajstić information content (AvgIpc) is 1.90. The molecule has 50 valence electrons. The molecule has 0 heterocycles. The summed E-state index contributed by atoms with van der Waals surface area (Å²) in [6.45, 7) is 2.07. The molecule has 0 fully saturated rings. The summed E-state index contributed by atoms with van der Waals surface area (Å²) in [5.41, 5.74) is 2.36. The molecule has 1 rings (SSSR count). The van der Waals surface area contributed by atoms with Gasteiger partial charge in [-0.15, -0.1) is 0 Å². The first kappa shape index (κ1) is 10.5. The molecule has 10 heavy (non-hydrogen) atoms. The molecule has 1 aromatic rings. The molecule has 3 heteroatoms. The number of rotatable bonds is 1. The van der Waals surface area contributed by atoms with Crippen LogP contribution < -0.4 is 33.9 Å². The molecule has 0 saturated heterocycles. The molecule has 0 aromatic heterocycles. The molecule has 0 spiro atoms. The summed E-state index contributed by atoms with van der Waals surface area (Å²) >= 11 is 3.13. The number of aryl methyl sites for hydroxylation is 1. The molecule has 1 aromatic carbocycles. The second-order valence-corrected chi connectivity index (χ2v) is 2.36. The van der Waals surface area contributed by atoms with Crippen LogP contribution in [0.3, 0.4) is 0 Å². The Morgan fingerprint density at radius 3 is 2.20 bits per heavy atom. The van der Waals surface area contributed by atoms with Crippen molar-refractivity contribution in [3.8, 4) is 0 Å². The van der Waals surface area contributed by atoms with Gasteiger partial charge in [0, 0.05) is 21.8 Å².